The van der Waals surface area contributed by atoms with Crippen LogP contribution in [0.2, 0.25) is 0 Å². The van der Waals surface area contributed by atoms with Crippen LogP contribution in [0.25, 0.3) is 0 Å². The molecule has 0 bridgehead atoms. The number of carbonyl (C=O) groups excluding carboxylic acids is 1. The van der Waals surface area contributed by atoms with Crippen molar-refractivity contribution in [3.8, 4) is 0 Å². The molecule has 1 N–H and O–H groups in total. The highest BCUT2D eigenvalue weighted by Crippen LogP contribution is 2.31. The summed E-state index contributed by atoms with van der Waals surface area (Å²) in [6.07, 6.45) is 4.69. The molecule has 0 aliphatic heterocycles. The third kappa shape index (κ3) is 3.45. The third-order valence-electron chi connectivity index (χ3n) is 4.34. The molecule has 5 heteroatoms. The van der Waals surface area contributed by atoms with Crippen LogP contribution in [0.1, 0.15) is 42.6 Å². The van der Waals surface area contributed by atoms with Crippen LogP contribution in [0, 0.1) is 0 Å². The number of carbonyl (C=O) groups is 1. The van der Waals surface area contributed by atoms with E-state index in [-0.39, 0.29) is 11.8 Å². The quantitative estimate of drug-likeness (QED) is 0.923. The lowest BCUT2D eigenvalue weighted by molar-refractivity contribution is -0.118. The molecule has 1 aliphatic carbocycles. The van der Waals surface area contributed by atoms with Crippen molar-refractivity contribution in [2.24, 2.45) is 7.05 Å². The van der Waals surface area contributed by atoms with E-state index in [9.17, 15) is 4.79 Å². The van der Waals surface area contributed by atoms with Gasteiger partial charge in [-0.2, -0.15) is 0 Å². The van der Waals surface area contributed by atoms with E-state index >= 15 is 0 Å². The van der Waals surface area contributed by atoms with Crippen molar-refractivity contribution in [1.29, 1.82) is 0 Å². The van der Waals surface area contributed by atoms with Gasteiger partial charge in [-0.25, -0.2) is 4.98 Å². The van der Waals surface area contributed by atoms with Gasteiger partial charge in [0.15, 0.2) is 0 Å². The number of anilines is 1. The number of fused-ring (bicyclic) bond motifs is 1. The Morgan fingerprint density at radius 3 is 2.91 bits per heavy atom. The fourth-order valence-electron chi connectivity index (χ4n) is 3.07. The molecule has 1 amide bonds. The van der Waals surface area contributed by atoms with E-state index in [1.54, 1.807) is 6.33 Å². The molecular weight excluding hydrogens is 290 g/mol. The van der Waals surface area contributed by atoms with Crippen LogP contribution in [0.4, 0.5) is 5.69 Å². The molecule has 1 aromatic carbocycles. The molecule has 1 aromatic heterocycles. The second-order valence-corrected chi connectivity index (χ2v) is 5.96. The van der Waals surface area contributed by atoms with E-state index in [1.165, 1.54) is 5.69 Å². The van der Waals surface area contributed by atoms with E-state index in [0.717, 1.165) is 36.2 Å². The van der Waals surface area contributed by atoms with Gasteiger partial charge in [0.05, 0.1) is 24.5 Å². The van der Waals surface area contributed by atoms with Gasteiger partial charge in [0.2, 0.25) is 5.91 Å². The Morgan fingerprint density at radius 1 is 1.39 bits per heavy atom. The minimum Gasteiger partial charge on any atom is -0.377 e. The number of imidazole rings is 1. The standard InChI is InChI=1S/C18H23N3O2/c1-3-23-11-13-7-9-14(10-8-13)20-18(22)15-5-4-6-16-17(15)19-12-21(16)2/h7-10,12,15H,3-6,11H2,1-2H3,(H,20,22). The van der Waals surface area contributed by atoms with Gasteiger partial charge >= 0.3 is 0 Å². The van der Waals surface area contributed by atoms with Crippen molar-refractivity contribution < 1.29 is 9.53 Å². The van der Waals surface area contributed by atoms with Crippen molar-refractivity contribution in [2.75, 3.05) is 11.9 Å². The Labute approximate surface area is 136 Å². The van der Waals surface area contributed by atoms with Crippen LogP contribution in [0.3, 0.4) is 0 Å². The number of aromatic nitrogens is 2. The zero-order valence-electron chi connectivity index (χ0n) is 13.7. The number of amides is 1. The summed E-state index contributed by atoms with van der Waals surface area (Å²) < 4.78 is 7.40. The second kappa shape index (κ2) is 6.96. The molecule has 0 spiro atoms. The number of aryl methyl sites for hydroxylation is 1. The summed E-state index contributed by atoms with van der Waals surface area (Å²) in [5.41, 5.74) is 4.04. The lowest BCUT2D eigenvalue weighted by Gasteiger charge is -2.21. The zero-order valence-corrected chi connectivity index (χ0v) is 13.7. The smallest absolute Gasteiger partial charge is 0.233 e. The number of hydrogen-bond acceptors (Lipinski definition) is 3. The minimum atomic E-state index is -0.150. The van der Waals surface area contributed by atoms with Crippen molar-refractivity contribution in [3.63, 3.8) is 0 Å². The van der Waals surface area contributed by atoms with Crippen molar-refractivity contribution in [2.45, 2.75) is 38.7 Å². The largest absolute Gasteiger partial charge is 0.377 e. The minimum absolute atomic E-state index is 0.0298. The first-order valence-corrected chi connectivity index (χ1v) is 8.16. The molecule has 122 valence electrons. The summed E-state index contributed by atoms with van der Waals surface area (Å²) in [4.78, 5) is 17.0. The lowest BCUT2D eigenvalue weighted by atomic mass is 9.89. The van der Waals surface area contributed by atoms with Gasteiger partial charge in [-0.3, -0.25) is 4.79 Å². The molecule has 3 rings (SSSR count). The Kier molecular flexibility index (Phi) is 4.76. The molecule has 0 radical (unpaired) electrons. The van der Waals surface area contributed by atoms with Gasteiger partial charge in [-0.15, -0.1) is 0 Å². The Morgan fingerprint density at radius 2 is 2.17 bits per heavy atom. The van der Waals surface area contributed by atoms with Gasteiger partial charge in [0.25, 0.3) is 0 Å². The highest BCUT2D eigenvalue weighted by Gasteiger charge is 2.29. The molecule has 1 heterocycles. The first kappa shape index (κ1) is 15.7. The van der Waals surface area contributed by atoms with Crippen LogP contribution in [0.15, 0.2) is 30.6 Å². The van der Waals surface area contributed by atoms with Crippen LogP contribution < -0.4 is 5.32 Å². The van der Waals surface area contributed by atoms with Gasteiger partial charge in [0, 0.05) is 25.0 Å². The first-order chi connectivity index (χ1) is 11.2. The Hall–Kier alpha value is -2.14. The van der Waals surface area contributed by atoms with Crippen LogP contribution in [0.5, 0.6) is 0 Å². The average Bonchev–Trinajstić information content (AvgIpc) is 2.95. The molecule has 5 nitrogen and oxygen atoms in total. The van der Waals surface area contributed by atoms with Crippen LogP contribution in [-0.2, 0) is 29.6 Å². The number of ether oxygens (including phenoxy) is 1. The first-order valence-electron chi connectivity index (χ1n) is 8.16. The number of nitrogens with one attached hydrogen (secondary N) is 1. The van der Waals surface area contributed by atoms with E-state index < -0.39 is 0 Å². The molecule has 0 saturated heterocycles. The van der Waals surface area contributed by atoms with Crippen LogP contribution >= 0.6 is 0 Å². The fourth-order valence-corrected chi connectivity index (χ4v) is 3.07. The topological polar surface area (TPSA) is 56.1 Å². The van der Waals surface area contributed by atoms with E-state index in [2.05, 4.69) is 10.3 Å². The predicted molar refractivity (Wildman–Crippen MR) is 89.3 cm³/mol. The summed E-state index contributed by atoms with van der Waals surface area (Å²) >= 11 is 0. The fraction of sp³-hybridized carbons (Fsp3) is 0.444. The molecule has 0 fully saturated rings. The summed E-state index contributed by atoms with van der Waals surface area (Å²) in [5, 5.41) is 3.02. The summed E-state index contributed by atoms with van der Waals surface area (Å²) in [5.74, 6) is -0.120. The molecule has 0 saturated carbocycles. The molecule has 23 heavy (non-hydrogen) atoms. The monoisotopic (exact) mass is 313 g/mol. The average molecular weight is 313 g/mol. The number of benzene rings is 1. The van der Waals surface area contributed by atoms with Crippen molar-refractivity contribution in [1.82, 2.24) is 9.55 Å². The van der Waals surface area contributed by atoms with Crippen molar-refractivity contribution in [3.05, 3.63) is 47.5 Å². The maximum absolute atomic E-state index is 12.6. The Bertz CT molecular complexity index is 676. The lowest BCUT2D eigenvalue weighted by Crippen LogP contribution is -2.25. The van der Waals surface area contributed by atoms with E-state index in [1.807, 2.05) is 42.8 Å². The zero-order chi connectivity index (χ0) is 16.2. The normalized spacial score (nSPS) is 16.9. The second-order valence-electron chi connectivity index (χ2n) is 5.96. The van der Waals surface area contributed by atoms with E-state index in [4.69, 9.17) is 4.74 Å². The summed E-state index contributed by atoms with van der Waals surface area (Å²) in [6.45, 7) is 3.28. The molecule has 2 aromatic rings. The molecule has 1 atom stereocenters. The highest BCUT2D eigenvalue weighted by atomic mass is 16.5. The van der Waals surface area contributed by atoms with Gasteiger partial charge < -0.3 is 14.6 Å². The summed E-state index contributed by atoms with van der Waals surface area (Å²) in [6, 6.07) is 7.82. The number of rotatable bonds is 5. The molecule has 1 unspecified atom stereocenters. The maximum atomic E-state index is 12.6. The Balaban J connectivity index is 1.68. The van der Waals surface area contributed by atoms with Gasteiger partial charge in [-0.05, 0) is 43.9 Å². The highest BCUT2D eigenvalue weighted by molar-refractivity contribution is 5.95. The maximum Gasteiger partial charge on any atom is 0.233 e. The van der Waals surface area contributed by atoms with Crippen LogP contribution in [-0.4, -0.2) is 22.1 Å². The summed E-state index contributed by atoms with van der Waals surface area (Å²) in [7, 11) is 1.99. The molecular formula is C18H23N3O2. The third-order valence-corrected chi connectivity index (χ3v) is 4.34. The number of hydrogen-bond donors (Lipinski definition) is 1. The SMILES string of the molecule is CCOCc1ccc(NC(=O)C2CCCc3c2ncn3C)cc1. The molecule has 1 aliphatic rings. The van der Waals surface area contributed by atoms with Crippen molar-refractivity contribution >= 4 is 11.6 Å². The van der Waals surface area contributed by atoms with Gasteiger partial charge in [-0.1, -0.05) is 12.1 Å². The van der Waals surface area contributed by atoms with Gasteiger partial charge in [0.1, 0.15) is 0 Å². The number of nitrogens with zero attached hydrogens (tertiary/aromatic N) is 2. The van der Waals surface area contributed by atoms with E-state index in [0.29, 0.717) is 13.2 Å². The predicted octanol–water partition coefficient (Wildman–Crippen LogP) is 3.02.